The first-order valence-electron chi connectivity index (χ1n) is 8.45. The van der Waals surface area contributed by atoms with Crippen LogP contribution in [0, 0.1) is 0 Å². The molecule has 3 aromatic carbocycles. The van der Waals surface area contributed by atoms with Gasteiger partial charge >= 0.3 is 0 Å². The van der Waals surface area contributed by atoms with E-state index in [4.69, 9.17) is 11.6 Å². The molecule has 0 fully saturated rings. The van der Waals surface area contributed by atoms with E-state index in [-0.39, 0.29) is 11.7 Å². The fourth-order valence-corrected chi connectivity index (χ4v) is 4.38. The molecule has 2 aliphatic heterocycles. The van der Waals surface area contributed by atoms with Crippen LogP contribution in [-0.4, -0.2) is 11.7 Å². The molecule has 5 rings (SSSR count). The van der Waals surface area contributed by atoms with Gasteiger partial charge in [-0.15, -0.1) is 0 Å². The average molecular weight is 360 g/mol. The maximum absolute atomic E-state index is 13.6. The highest BCUT2D eigenvalue weighted by atomic mass is 35.5. The zero-order chi connectivity index (χ0) is 17.9. The number of anilines is 1. The van der Waals surface area contributed by atoms with Crippen LogP contribution in [0.25, 0.3) is 0 Å². The Hall–Kier alpha value is -2.91. The Morgan fingerprint density at radius 1 is 0.846 bits per heavy atom. The third-order valence-electron chi connectivity index (χ3n) is 5.35. The number of Topliss-reactive ketones (excluding diaryl/α,β-unsaturated/α-hetero) is 1. The standard InChI is InChI=1S/C22H14ClNO2/c23-16-11-10-14-13-22(15-6-2-1-3-7-15)20(25)17-8-4-5-9-19(17)24(22)21(26)18(14)12-16/h1-12H,13H2. The van der Waals surface area contributed by atoms with Gasteiger partial charge in [-0.25, -0.2) is 0 Å². The van der Waals surface area contributed by atoms with Crippen LogP contribution in [0.1, 0.15) is 31.8 Å². The SMILES string of the molecule is O=C1c2cc(Cl)ccc2CC2(c3ccccc3)C(=O)c3ccccc3N12. The zero-order valence-corrected chi connectivity index (χ0v) is 14.5. The number of para-hydroxylation sites is 1. The lowest BCUT2D eigenvalue weighted by atomic mass is 9.76. The highest BCUT2D eigenvalue weighted by Gasteiger charge is 2.57. The molecule has 26 heavy (non-hydrogen) atoms. The Kier molecular flexibility index (Phi) is 3.12. The molecular weight excluding hydrogens is 346 g/mol. The Balaban J connectivity index is 1.85. The van der Waals surface area contributed by atoms with Crippen LogP contribution >= 0.6 is 11.6 Å². The van der Waals surface area contributed by atoms with Crippen LogP contribution in [0.15, 0.2) is 72.8 Å². The van der Waals surface area contributed by atoms with E-state index in [1.165, 1.54) is 0 Å². The molecule has 0 aliphatic carbocycles. The number of hydrogen-bond acceptors (Lipinski definition) is 2. The Morgan fingerprint density at radius 3 is 2.38 bits per heavy atom. The van der Waals surface area contributed by atoms with Crippen molar-refractivity contribution >= 4 is 29.0 Å². The van der Waals surface area contributed by atoms with E-state index in [1.807, 2.05) is 54.6 Å². The molecule has 0 bridgehead atoms. The van der Waals surface area contributed by atoms with Gasteiger partial charge < -0.3 is 0 Å². The highest BCUT2D eigenvalue weighted by molar-refractivity contribution is 6.31. The summed E-state index contributed by atoms with van der Waals surface area (Å²) in [5.41, 5.74) is 2.45. The van der Waals surface area contributed by atoms with Gasteiger partial charge in [-0.2, -0.15) is 0 Å². The average Bonchev–Trinajstić information content (AvgIpc) is 2.94. The summed E-state index contributed by atoms with van der Waals surface area (Å²) in [6.45, 7) is 0. The van der Waals surface area contributed by atoms with Crippen molar-refractivity contribution in [2.45, 2.75) is 12.0 Å². The summed E-state index contributed by atoms with van der Waals surface area (Å²) in [7, 11) is 0. The van der Waals surface area contributed by atoms with Crippen LogP contribution in [-0.2, 0) is 12.0 Å². The minimum atomic E-state index is -1.04. The molecule has 3 aromatic rings. The van der Waals surface area contributed by atoms with E-state index in [9.17, 15) is 9.59 Å². The summed E-state index contributed by atoms with van der Waals surface area (Å²) in [4.78, 5) is 28.7. The van der Waals surface area contributed by atoms with Crippen molar-refractivity contribution in [3.05, 3.63) is 100 Å². The molecule has 2 heterocycles. The lowest BCUT2D eigenvalue weighted by Crippen LogP contribution is -2.55. The van der Waals surface area contributed by atoms with E-state index in [1.54, 1.807) is 23.1 Å². The molecule has 0 aromatic heterocycles. The molecule has 0 saturated heterocycles. The largest absolute Gasteiger partial charge is 0.291 e. The molecule has 0 N–H and O–H groups in total. The lowest BCUT2D eigenvalue weighted by Gasteiger charge is -2.42. The fourth-order valence-electron chi connectivity index (χ4n) is 4.21. The first-order chi connectivity index (χ1) is 12.6. The zero-order valence-electron chi connectivity index (χ0n) is 13.8. The summed E-state index contributed by atoms with van der Waals surface area (Å²) in [5.74, 6) is -0.218. The summed E-state index contributed by atoms with van der Waals surface area (Å²) in [5, 5.41) is 0.517. The van der Waals surface area contributed by atoms with Crippen LogP contribution in [0.2, 0.25) is 5.02 Å². The van der Waals surface area contributed by atoms with Gasteiger partial charge in [-0.05, 0) is 35.4 Å². The molecule has 3 nitrogen and oxygen atoms in total. The van der Waals surface area contributed by atoms with Crippen LogP contribution < -0.4 is 4.90 Å². The normalized spacial score (nSPS) is 20.6. The van der Waals surface area contributed by atoms with Crippen molar-refractivity contribution in [1.29, 1.82) is 0 Å². The monoisotopic (exact) mass is 359 g/mol. The maximum Gasteiger partial charge on any atom is 0.259 e. The van der Waals surface area contributed by atoms with E-state index in [0.29, 0.717) is 28.3 Å². The van der Waals surface area contributed by atoms with Gasteiger partial charge in [-0.3, -0.25) is 14.5 Å². The van der Waals surface area contributed by atoms with Crippen LogP contribution in [0.4, 0.5) is 5.69 Å². The lowest BCUT2D eigenvalue weighted by molar-refractivity contribution is 0.0825. The highest BCUT2D eigenvalue weighted by Crippen LogP contribution is 2.50. The number of amides is 1. The van der Waals surface area contributed by atoms with Gasteiger partial charge in [0.2, 0.25) is 0 Å². The molecule has 0 saturated carbocycles. The Bertz CT molecular complexity index is 1080. The number of carbonyl (C=O) groups excluding carboxylic acids is 2. The van der Waals surface area contributed by atoms with Crippen molar-refractivity contribution in [2.75, 3.05) is 4.90 Å². The number of rotatable bonds is 1. The second-order valence-corrected chi connectivity index (χ2v) is 7.13. The number of benzene rings is 3. The second kappa shape index (κ2) is 5.29. The van der Waals surface area contributed by atoms with Crippen molar-refractivity contribution in [2.24, 2.45) is 0 Å². The third-order valence-corrected chi connectivity index (χ3v) is 5.59. The van der Waals surface area contributed by atoms with Gasteiger partial charge in [0.05, 0.1) is 5.69 Å². The first-order valence-corrected chi connectivity index (χ1v) is 8.83. The van der Waals surface area contributed by atoms with Gasteiger partial charge in [-0.1, -0.05) is 60.1 Å². The van der Waals surface area contributed by atoms with Gasteiger partial charge in [0.1, 0.15) is 5.54 Å². The summed E-state index contributed by atoms with van der Waals surface area (Å²) >= 11 is 6.13. The number of carbonyl (C=O) groups is 2. The van der Waals surface area contributed by atoms with E-state index >= 15 is 0 Å². The molecule has 2 aliphatic rings. The summed E-state index contributed by atoms with van der Waals surface area (Å²) in [6.07, 6.45) is 0.433. The topological polar surface area (TPSA) is 37.4 Å². The predicted molar refractivity (Wildman–Crippen MR) is 101 cm³/mol. The van der Waals surface area contributed by atoms with Crippen molar-refractivity contribution in [3.63, 3.8) is 0 Å². The number of halogens is 1. The van der Waals surface area contributed by atoms with E-state index in [0.717, 1.165) is 11.1 Å². The number of ketones is 1. The quantitative estimate of drug-likeness (QED) is 0.635. The fraction of sp³-hybridized carbons (Fsp3) is 0.0909. The van der Waals surface area contributed by atoms with Crippen molar-refractivity contribution in [3.8, 4) is 0 Å². The molecule has 1 amide bonds. The molecule has 1 unspecified atom stereocenters. The minimum Gasteiger partial charge on any atom is -0.291 e. The van der Waals surface area contributed by atoms with Crippen molar-refractivity contribution < 1.29 is 9.59 Å². The summed E-state index contributed by atoms with van der Waals surface area (Å²) in [6, 6.07) is 22.2. The van der Waals surface area contributed by atoms with Gasteiger partial charge in [0.25, 0.3) is 5.91 Å². The minimum absolute atomic E-state index is 0.0340. The molecule has 1 atom stereocenters. The third kappa shape index (κ3) is 1.84. The smallest absolute Gasteiger partial charge is 0.259 e. The molecule has 0 radical (unpaired) electrons. The number of hydrogen-bond donors (Lipinski definition) is 0. The second-order valence-electron chi connectivity index (χ2n) is 6.69. The number of fused-ring (bicyclic) bond motifs is 4. The summed E-state index contributed by atoms with van der Waals surface area (Å²) < 4.78 is 0. The predicted octanol–water partition coefficient (Wildman–Crippen LogP) is 4.63. The van der Waals surface area contributed by atoms with Gasteiger partial charge in [0.15, 0.2) is 5.78 Å². The molecular formula is C22H14ClNO2. The number of nitrogens with zero attached hydrogens (tertiary/aromatic N) is 1. The van der Waals surface area contributed by atoms with Crippen LogP contribution in [0.5, 0.6) is 0 Å². The molecule has 0 spiro atoms. The Labute approximate surface area is 155 Å². The molecule has 126 valence electrons. The Morgan fingerprint density at radius 2 is 1.58 bits per heavy atom. The van der Waals surface area contributed by atoms with Gasteiger partial charge in [0, 0.05) is 22.6 Å². The first kappa shape index (κ1) is 15.4. The van der Waals surface area contributed by atoms with E-state index in [2.05, 4.69) is 0 Å². The van der Waals surface area contributed by atoms with Crippen LogP contribution in [0.3, 0.4) is 0 Å². The van der Waals surface area contributed by atoms with E-state index < -0.39 is 5.54 Å². The molecule has 4 heteroatoms. The maximum atomic E-state index is 13.6. The van der Waals surface area contributed by atoms with Crippen molar-refractivity contribution in [1.82, 2.24) is 0 Å².